The summed E-state index contributed by atoms with van der Waals surface area (Å²) in [4.78, 5) is 22.9. The average Bonchev–Trinajstić information content (AvgIpc) is 3.08. The molecule has 0 bridgehead atoms. The standard InChI is InChI=1S/C25H30N4O3.C2H6/c1-8-9-10-19-16(2)17(3)21(31-19)15-29(7)22(30)12-11-18-13-20-23(27-14-18)28-24(26-6)25(4,5)32-20;1-2/h8-14H,1,15H2,2-7H3,(H,26,27,28);1-2H3/b10-9-,12-11+;. The van der Waals surface area contributed by atoms with Crippen LogP contribution in [0.2, 0.25) is 0 Å². The third-order valence-electron chi connectivity index (χ3n) is 5.41. The van der Waals surface area contributed by atoms with Gasteiger partial charge >= 0.3 is 0 Å². The fraction of sp³-hybridized carbons (Fsp3) is 0.370. The SMILES string of the molecule is C=C/C=C\c1oc(CN(C)C(=O)/C=C/c2cnc3c(c2)OC(C)(C)C(=NC)N3)c(C)c1C.CC. The average molecular weight is 465 g/mol. The number of fused-ring (bicyclic) bond motifs is 1. The number of allylic oxidation sites excluding steroid dienone is 2. The molecule has 7 heteroatoms. The van der Waals surface area contributed by atoms with E-state index in [0.717, 1.165) is 28.2 Å². The van der Waals surface area contributed by atoms with Gasteiger partial charge in [-0.05, 0) is 62.6 Å². The fourth-order valence-corrected chi connectivity index (χ4v) is 3.37. The lowest BCUT2D eigenvalue weighted by molar-refractivity contribution is -0.125. The lowest BCUT2D eigenvalue weighted by atomic mass is 10.1. The van der Waals surface area contributed by atoms with Crippen LogP contribution in [0.25, 0.3) is 12.2 Å². The van der Waals surface area contributed by atoms with Crippen LogP contribution in [0.1, 0.15) is 55.9 Å². The Morgan fingerprint density at radius 1 is 1.26 bits per heavy atom. The Morgan fingerprint density at radius 2 is 1.97 bits per heavy atom. The molecule has 0 aromatic carbocycles. The molecule has 0 saturated heterocycles. The number of hydrogen-bond donors (Lipinski definition) is 1. The zero-order valence-corrected chi connectivity index (χ0v) is 21.5. The first-order chi connectivity index (χ1) is 16.2. The Balaban J connectivity index is 0.00000199. The molecule has 3 heterocycles. The van der Waals surface area contributed by atoms with E-state index >= 15 is 0 Å². The number of carbonyl (C=O) groups is 1. The number of amides is 1. The van der Waals surface area contributed by atoms with E-state index < -0.39 is 5.60 Å². The summed E-state index contributed by atoms with van der Waals surface area (Å²) in [7, 11) is 3.46. The van der Waals surface area contributed by atoms with Crippen LogP contribution in [-0.4, -0.2) is 41.3 Å². The predicted octanol–water partition coefficient (Wildman–Crippen LogP) is 5.80. The molecule has 34 heavy (non-hydrogen) atoms. The quantitative estimate of drug-likeness (QED) is 0.432. The van der Waals surface area contributed by atoms with E-state index in [-0.39, 0.29) is 5.91 Å². The summed E-state index contributed by atoms with van der Waals surface area (Å²) in [5.74, 6) is 3.34. The molecule has 2 aromatic rings. The van der Waals surface area contributed by atoms with Crippen LogP contribution in [0.15, 0.2) is 46.5 Å². The highest BCUT2D eigenvalue weighted by Crippen LogP contribution is 2.33. The molecule has 1 aliphatic heterocycles. The van der Waals surface area contributed by atoms with Crippen LogP contribution >= 0.6 is 0 Å². The summed E-state index contributed by atoms with van der Waals surface area (Å²) in [6.45, 7) is 15.9. The van der Waals surface area contributed by atoms with Gasteiger partial charge in [0.25, 0.3) is 0 Å². The Hall–Kier alpha value is -3.61. The molecular formula is C27H36N4O3. The minimum Gasteiger partial charge on any atom is -0.476 e. The summed E-state index contributed by atoms with van der Waals surface area (Å²) >= 11 is 0. The van der Waals surface area contributed by atoms with Gasteiger partial charge in [-0.2, -0.15) is 0 Å². The van der Waals surface area contributed by atoms with Crippen LogP contribution < -0.4 is 10.1 Å². The fourth-order valence-electron chi connectivity index (χ4n) is 3.37. The lowest BCUT2D eigenvalue weighted by Crippen LogP contribution is -2.46. The molecule has 0 radical (unpaired) electrons. The first kappa shape index (κ1) is 26.6. The summed E-state index contributed by atoms with van der Waals surface area (Å²) in [6, 6.07) is 1.85. The second kappa shape index (κ2) is 11.5. The highest BCUT2D eigenvalue weighted by molar-refractivity contribution is 6.03. The van der Waals surface area contributed by atoms with Crippen molar-refractivity contribution in [3.8, 4) is 5.75 Å². The van der Waals surface area contributed by atoms with Crippen LogP contribution in [-0.2, 0) is 11.3 Å². The molecule has 1 aliphatic rings. The number of carbonyl (C=O) groups excluding carboxylic acids is 1. The number of pyridine rings is 1. The minimum absolute atomic E-state index is 0.140. The number of aromatic nitrogens is 1. The maximum absolute atomic E-state index is 12.7. The Bertz CT molecular complexity index is 1120. The van der Waals surface area contributed by atoms with E-state index in [9.17, 15) is 4.79 Å². The van der Waals surface area contributed by atoms with Crippen LogP contribution in [0.5, 0.6) is 5.75 Å². The van der Waals surface area contributed by atoms with Crippen molar-refractivity contribution in [1.29, 1.82) is 0 Å². The van der Waals surface area contributed by atoms with E-state index in [4.69, 9.17) is 9.15 Å². The van der Waals surface area contributed by atoms with Gasteiger partial charge in [-0.1, -0.05) is 32.6 Å². The predicted molar refractivity (Wildman–Crippen MR) is 140 cm³/mol. The number of likely N-dealkylation sites (N-methyl/N-ethyl adjacent to an activating group) is 1. The van der Waals surface area contributed by atoms with Crippen molar-refractivity contribution >= 4 is 29.7 Å². The summed E-state index contributed by atoms with van der Waals surface area (Å²) in [5, 5.41) is 3.19. The largest absolute Gasteiger partial charge is 0.476 e. The topological polar surface area (TPSA) is 80.0 Å². The molecular weight excluding hydrogens is 428 g/mol. The van der Waals surface area contributed by atoms with E-state index in [0.29, 0.717) is 23.9 Å². The van der Waals surface area contributed by atoms with Crippen molar-refractivity contribution in [3.05, 3.63) is 65.3 Å². The van der Waals surface area contributed by atoms with Crippen molar-refractivity contribution in [1.82, 2.24) is 9.88 Å². The van der Waals surface area contributed by atoms with Crippen LogP contribution in [0, 0.1) is 13.8 Å². The van der Waals surface area contributed by atoms with Crippen LogP contribution in [0.3, 0.4) is 0 Å². The van der Waals surface area contributed by atoms with Crippen LogP contribution in [0.4, 0.5) is 5.82 Å². The molecule has 0 aliphatic carbocycles. The van der Waals surface area contributed by atoms with Gasteiger partial charge in [0.1, 0.15) is 17.4 Å². The Kier molecular flexibility index (Phi) is 9.01. The molecule has 182 valence electrons. The Labute approximate surface area is 202 Å². The Morgan fingerprint density at radius 3 is 2.62 bits per heavy atom. The highest BCUT2D eigenvalue weighted by Gasteiger charge is 2.33. The molecule has 1 N–H and O–H groups in total. The number of nitrogens with zero attached hydrogens (tertiary/aromatic N) is 3. The molecule has 0 spiro atoms. The van der Waals surface area contributed by atoms with Gasteiger partial charge in [0, 0.05) is 26.4 Å². The van der Waals surface area contributed by atoms with E-state index in [1.807, 2.05) is 59.8 Å². The molecule has 2 aromatic heterocycles. The van der Waals surface area contributed by atoms with Gasteiger partial charge in [-0.15, -0.1) is 0 Å². The number of anilines is 1. The van der Waals surface area contributed by atoms with Crippen molar-refractivity contribution in [2.24, 2.45) is 4.99 Å². The van der Waals surface area contributed by atoms with Gasteiger partial charge in [0.2, 0.25) is 5.91 Å². The number of rotatable bonds is 6. The van der Waals surface area contributed by atoms with Crippen molar-refractivity contribution < 1.29 is 13.9 Å². The lowest BCUT2D eigenvalue weighted by Gasteiger charge is -2.33. The van der Waals surface area contributed by atoms with E-state index in [1.54, 1.807) is 37.3 Å². The third-order valence-corrected chi connectivity index (χ3v) is 5.41. The number of ether oxygens (including phenoxy) is 1. The molecule has 0 saturated carbocycles. The minimum atomic E-state index is -0.583. The summed E-state index contributed by atoms with van der Waals surface area (Å²) < 4.78 is 12.0. The van der Waals surface area contributed by atoms with Gasteiger partial charge in [0.05, 0.1) is 6.54 Å². The third kappa shape index (κ3) is 6.04. The molecule has 0 fully saturated rings. The molecule has 3 rings (SSSR count). The van der Waals surface area contributed by atoms with E-state index in [1.165, 1.54) is 6.08 Å². The molecule has 0 unspecified atom stereocenters. The van der Waals surface area contributed by atoms with E-state index in [2.05, 4.69) is 21.9 Å². The summed E-state index contributed by atoms with van der Waals surface area (Å²) in [6.07, 6.45) is 10.3. The number of nitrogens with one attached hydrogen (secondary N) is 1. The second-order valence-electron chi connectivity index (χ2n) is 8.19. The van der Waals surface area contributed by atoms with Crippen molar-refractivity contribution in [2.45, 2.75) is 53.7 Å². The maximum Gasteiger partial charge on any atom is 0.246 e. The monoisotopic (exact) mass is 464 g/mol. The van der Waals surface area contributed by atoms with Crippen molar-refractivity contribution in [3.63, 3.8) is 0 Å². The van der Waals surface area contributed by atoms with Gasteiger partial charge in [0.15, 0.2) is 17.2 Å². The number of aliphatic imine (C=N–C) groups is 1. The smallest absolute Gasteiger partial charge is 0.246 e. The van der Waals surface area contributed by atoms with Gasteiger partial charge < -0.3 is 19.4 Å². The highest BCUT2D eigenvalue weighted by atomic mass is 16.5. The molecule has 7 nitrogen and oxygen atoms in total. The number of amidine groups is 1. The zero-order valence-electron chi connectivity index (χ0n) is 21.5. The van der Waals surface area contributed by atoms with Crippen molar-refractivity contribution in [2.75, 3.05) is 19.4 Å². The molecule has 1 amide bonds. The maximum atomic E-state index is 12.7. The van der Waals surface area contributed by atoms with Gasteiger partial charge in [-0.3, -0.25) is 9.79 Å². The normalized spacial score (nSPS) is 15.4. The molecule has 0 atom stereocenters. The first-order valence-electron chi connectivity index (χ1n) is 11.4. The zero-order chi connectivity index (χ0) is 25.5. The number of furan rings is 1. The number of hydrogen-bond acceptors (Lipinski definition) is 5. The first-order valence-corrected chi connectivity index (χ1v) is 11.4. The summed E-state index contributed by atoms with van der Waals surface area (Å²) in [5.41, 5.74) is 2.28. The second-order valence-corrected chi connectivity index (χ2v) is 8.19. The van der Waals surface area contributed by atoms with Gasteiger partial charge in [-0.25, -0.2) is 4.98 Å².